The van der Waals surface area contributed by atoms with Crippen LogP contribution in [0, 0.1) is 0 Å². The second kappa shape index (κ2) is 9.41. The molecule has 3 rings (SSSR count). The van der Waals surface area contributed by atoms with Gasteiger partial charge in [-0.05, 0) is 32.3 Å². The van der Waals surface area contributed by atoms with Gasteiger partial charge in [0.25, 0.3) is 11.1 Å². The fourth-order valence-corrected chi connectivity index (χ4v) is 3.43. The van der Waals surface area contributed by atoms with Crippen molar-refractivity contribution in [2.45, 2.75) is 19.0 Å². The Bertz CT molecular complexity index is 1150. The highest BCUT2D eigenvalue weighted by molar-refractivity contribution is 5.80. The van der Waals surface area contributed by atoms with Gasteiger partial charge in [0.2, 0.25) is 5.91 Å². The topological polar surface area (TPSA) is 96.4 Å². The number of rotatable bonds is 8. The van der Waals surface area contributed by atoms with Crippen molar-refractivity contribution >= 4 is 16.7 Å². The van der Waals surface area contributed by atoms with Crippen molar-refractivity contribution in [3.8, 4) is 5.75 Å². The Hall–Kier alpha value is -3.39. The normalized spacial score (nSPS) is 12.1. The van der Waals surface area contributed by atoms with Crippen molar-refractivity contribution < 1.29 is 9.53 Å². The number of likely N-dealkylation sites (N-methyl/N-ethyl adjacent to an activating group) is 1. The zero-order valence-electron chi connectivity index (χ0n) is 17.3. The van der Waals surface area contributed by atoms with Crippen LogP contribution < -0.4 is 21.2 Å². The summed E-state index contributed by atoms with van der Waals surface area (Å²) >= 11 is 0. The van der Waals surface area contributed by atoms with E-state index in [9.17, 15) is 14.4 Å². The minimum Gasteiger partial charge on any atom is -0.496 e. The predicted molar refractivity (Wildman–Crippen MR) is 116 cm³/mol. The molecule has 8 nitrogen and oxygen atoms in total. The lowest BCUT2D eigenvalue weighted by Crippen LogP contribution is -2.36. The number of carbonyl (C=O) groups excluding carboxylic acids is 1. The van der Waals surface area contributed by atoms with Crippen LogP contribution in [0.15, 0.2) is 58.1 Å². The van der Waals surface area contributed by atoms with Gasteiger partial charge in [0.1, 0.15) is 5.75 Å². The van der Waals surface area contributed by atoms with E-state index in [4.69, 9.17) is 4.74 Å². The van der Waals surface area contributed by atoms with Crippen LogP contribution in [0.25, 0.3) is 10.8 Å². The van der Waals surface area contributed by atoms with E-state index in [0.717, 1.165) is 11.3 Å². The molecule has 0 saturated heterocycles. The Morgan fingerprint density at radius 1 is 1.10 bits per heavy atom. The van der Waals surface area contributed by atoms with Gasteiger partial charge in [-0.25, -0.2) is 4.68 Å². The van der Waals surface area contributed by atoms with Crippen LogP contribution in [0.4, 0.5) is 0 Å². The minimum atomic E-state index is -0.352. The molecule has 8 heteroatoms. The van der Waals surface area contributed by atoms with Crippen molar-refractivity contribution in [3.05, 3.63) is 74.8 Å². The highest BCUT2D eigenvalue weighted by atomic mass is 16.5. The Labute approximate surface area is 174 Å². The fourth-order valence-electron chi connectivity index (χ4n) is 3.43. The summed E-state index contributed by atoms with van der Waals surface area (Å²) in [5.41, 5.74) is 0.299. The molecule has 0 aliphatic heterocycles. The van der Waals surface area contributed by atoms with Gasteiger partial charge < -0.3 is 15.0 Å². The number of aryl methyl sites for hydroxylation is 1. The first kappa shape index (κ1) is 21.3. The number of aromatic nitrogens is 2. The summed E-state index contributed by atoms with van der Waals surface area (Å²) in [5, 5.41) is 6.13. The summed E-state index contributed by atoms with van der Waals surface area (Å²) in [4.78, 5) is 39.1. The molecule has 1 aromatic heterocycles. The number of methoxy groups -OCH3 is 1. The maximum absolute atomic E-state index is 12.5. The number of carbonyl (C=O) groups is 1. The third kappa shape index (κ3) is 4.60. The molecule has 0 aliphatic rings. The number of fused-ring (bicyclic) bond motifs is 1. The highest BCUT2D eigenvalue weighted by Crippen LogP contribution is 2.27. The Morgan fingerprint density at radius 3 is 2.47 bits per heavy atom. The van der Waals surface area contributed by atoms with Crippen LogP contribution in [-0.4, -0.2) is 48.3 Å². The summed E-state index contributed by atoms with van der Waals surface area (Å²) in [6, 6.07) is 14.2. The number of hydrogen-bond acceptors (Lipinski definition) is 5. The molecule has 2 aromatic carbocycles. The molecule has 1 amide bonds. The number of amides is 1. The lowest BCUT2D eigenvalue weighted by molar-refractivity contribution is -0.121. The largest absolute Gasteiger partial charge is 0.496 e. The molecule has 0 bridgehead atoms. The second-order valence-electron chi connectivity index (χ2n) is 7.22. The van der Waals surface area contributed by atoms with Crippen LogP contribution in [0.1, 0.15) is 18.0 Å². The summed E-state index contributed by atoms with van der Waals surface area (Å²) in [6.45, 7) is 0.474. The molecule has 1 unspecified atom stereocenters. The molecule has 2 N–H and O–H groups in total. The van der Waals surface area contributed by atoms with Gasteiger partial charge in [0.05, 0.1) is 30.5 Å². The Kier molecular flexibility index (Phi) is 6.68. The number of hydrogen-bond donors (Lipinski definition) is 2. The number of H-pyrrole nitrogens is 1. The maximum atomic E-state index is 12.5. The van der Waals surface area contributed by atoms with Crippen molar-refractivity contribution in [2.75, 3.05) is 27.7 Å². The summed E-state index contributed by atoms with van der Waals surface area (Å²) in [5.74, 6) is 0.545. The molecule has 0 aliphatic carbocycles. The van der Waals surface area contributed by atoms with Crippen LogP contribution in [0.5, 0.6) is 5.75 Å². The van der Waals surface area contributed by atoms with Crippen LogP contribution >= 0.6 is 0 Å². The molecule has 1 atom stereocenters. The number of nitrogens with zero attached hydrogens (tertiary/aromatic N) is 2. The lowest BCUT2D eigenvalue weighted by atomic mass is 10.0. The molecule has 158 valence electrons. The third-order valence-electron chi connectivity index (χ3n) is 5.06. The molecule has 0 spiro atoms. The number of nitrogens with one attached hydrogen (secondary N) is 2. The van der Waals surface area contributed by atoms with Crippen LogP contribution in [0.3, 0.4) is 0 Å². The first-order valence-corrected chi connectivity index (χ1v) is 9.70. The van der Waals surface area contributed by atoms with Crippen molar-refractivity contribution in [1.29, 1.82) is 0 Å². The van der Waals surface area contributed by atoms with Crippen LogP contribution in [-0.2, 0) is 11.3 Å². The third-order valence-corrected chi connectivity index (χ3v) is 5.06. The summed E-state index contributed by atoms with van der Waals surface area (Å²) in [6.07, 6.45) is 0.0697. The van der Waals surface area contributed by atoms with Gasteiger partial charge in [-0.15, -0.1) is 0 Å². The molecule has 0 saturated carbocycles. The quantitative estimate of drug-likeness (QED) is 0.587. The van der Waals surface area contributed by atoms with Crippen molar-refractivity contribution in [2.24, 2.45) is 0 Å². The average molecular weight is 410 g/mol. The van der Waals surface area contributed by atoms with E-state index in [-0.39, 0.29) is 36.0 Å². The predicted octanol–water partition coefficient (Wildman–Crippen LogP) is 1.51. The minimum absolute atomic E-state index is 0.0697. The van der Waals surface area contributed by atoms with Crippen molar-refractivity contribution in [3.63, 3.8) is 0 Å². The highest BCUT2D eigenvalue weighted by Gasteiger charge is 2.19. The first-order valence-electron chi connectivity index (χ1n) is 9.70. The first-order chi connectivity index (χ1) is 14.4. The van der Waals surface area contributed by atoms with Crippen molar-refractivity contribution in [1.82, 2.24) is 20.0 Å². The van der Waals surface area contributed by atoms with Gasteiger partial charge >= 0.3 is 0 Å². The van der Waals surface area contributed by atoms with E-state index in [2.05, 4.69) is 10.4 Å². The number of ether oxygens (including phenoxy) is 1. The molecule has 1 heterocycles. The van der Waals surface area contributed by atoms with E-state index < -0.39 is 0 Å². The average Bonchev–Trinajstić information content (AvgIpc) is 2.75. The molecule has 0 fully saturated rings. The van der Waals surface area contributed by atoms with Crippen LogP contribution in [0.2, 0.25) is 0 Å². The van der Waals surface area contributed by atoms with E-state index in [1.807, 2.05) is 43.3 Å². The molecule has 30 heavy (non-hydrogen) atoms. The van der Waals surface area contributed by atoms with E-state index in [0.29, 0.717) is 17.3 Å². The zero-order chi connectivity index (χ0) is 21.7. The summed E-state index contributed by atoms with van der Waals surface area (Å²) in [7, 11) is 5.48. The van der Waals surface area contributed by atoms with Gasteiger partial charge in [-0.3, -0.25) is 19.5 Å². The van der Waals surface area contributed by atoms with E-state index in [1.165, 1.54) is 4.68 Å². The standard InChI is InChI=1S/C22H26N4O4/c1-25(2)18(17-10-6-7-11-19(17)30-3)14-23-20(27)12-13-26-22(29)16-9-5-4-8-15(16)21(28)24-26/h4-11,18H,12-14H2,1-3H3,(H,23,27)(H,24,28). The molecular weight excluding hydrogens is 384 g/mol. The molecule has 3 aromatic rings. The second-order valence-corrected chi connectivity index (χ2v) is 7.22. The number of benzene rings is 2. The summed E-state index contributed by atoms with van der Waals surface area (Å²) < 4.78 is 6.63. The molecular formula is C22H26N4O4. The fraction of sp³-hybridized carbons (Fsp3) is 0.318. The Balaban J connectivity index is 1.67. The number of para-hydroxylation sites is 1. The smallest absolute Gasteiger partial charge is 0.273 e. The zero-order valence-corrected chi connectivity index (χ0v) is 17.3. The van der Waals surface area contributed by atoms with E-state index in [1.54, 1.807) is 31.4 Å². The maximum Gasteiger partial charge on any atom is 0.273 e. The number of aromatic amines is 1. The monoisotopic (exact) mass is 410 g/mol. The Morgan fingerprint density at radius 2 is 1.77 bits per heavy atom. The van der Waals surface area contributed by atoms with Gasteiger partial charge in [0, 0.05) is 18.5 Å². The molecule has 0 radical (unpaired) electrons. The van der Waals surface area contributed by atoms with Gasteiger partial charge in [-0.2, -0.15) is 0 Å². The van der Waals surface area contributed by atoms with E-state index >= 15 is 0 Å². The van der Waals surface area contributed by atoms with Gasteiger partial charge in [-0.1, -0.05) is 30.3 Å². The lowest BCUT2D eigenvalue weighted by Gasteiger charge is -2.26. The van der Waals surface area contributed by atoms with Gasteiger partial charge in [0.15, 0.2) is 0 Å². The SMILES string of the molecule is COc1ccccc1C(CNC(=O)CCn1[nH]c(=O)c2ccccc2c1=O)N(C)C.